The van der Waals surface area contributed by atoms with Crippen LogP contribution in [0, 0.1) is 5.41 Å². The molecule has 4 rings (SSSR count). The normalized spacial score (nSPS) is 16.1. The minimum Gasteiger partial charge on any atom is -0.494 e. The van der Waals surface area contributed by atoms with Gasteiger partial charge in [-0.05, 0) is 56.5 Å². The molecule has 4 N–H and O–H groups in total. The van der Waals surface area contributed by atoms with E-state index in [-0.39, 0.29) is 30.1 Å². The standard InChI is InChI=1S/C30H37Cl2N7O4.ClH/c1-16(33-5)27(40)38-25(30(2,3)4)29(42)39-11-7-8-23(39)28(41)37-22-13-18-21(14-24(22)43-6)34-15-35-26(18)36-20-10-9-17(31)12-19(20)32;/h9-10,12-16,23,25,33H,7-8,11H2,1-6H3,(H,37,41)(H,38,40)(H,34,35,36);1H/t16-,23-,25+;/m0./s1. The molecule has 44 heavy (non-hydrogen) atoms. The molecule has 0 aliphatic carbocycles. The van der Waals surface area contributed by atoms with Crippen LogP contribution in [0.4, 0.5) is 17.2 Å². The van der Waals surface area contributed by atoms with E-state index >= 15 is 0 Å². The zero-order valence-corrected chi connectivity index (χ0v) is 27.8. The number of likely N-dealkylation sites (N-methyl/N-ethyl adjacent to an activating group) is 1. The summed E-state index contributed by atoms with van der Waals surface area (Å²) in [4.78, 5) is 50.5. The van der Waals surface area contributed by atoms with E-state index in [1.807, 2.05) is 20.8 Å². The van der Waals surface area contributed by atoms with Crippen molar-refractivity contribution in [2.45, 2.75) is 58.7 Å². The zero-order valence-electron chi connectivity index (χ0n) is 25.5. The van der Waals surface area contributed by atoms with Crippen molar-refractivity contribution in [1.29, 1.82) is 0 Å². The van der Waals surface area contributed by atoms with Crippen molar-refractivity contribution < 1.29 is 19.1 Å². The van der Waals surface area contributed by atoms with E-state index in [9.17, 15) is 14.4 Å². The van der Waals surface area contributed by atoms with Crippen molar-refractivity contribution in [1.82, 2.24) is 25.5 Å². The Morgan fingerprint density at radius 2 is 1.82 bits per heavy atom. The lowest BCUT2D eigenvalue weighted by molar-refractivity contribution is -0.143. The summed E-state index contributed by atoms with van der Waals surface area (Å²) >= 11 is 12.4. The van der Waals surface area contributed by atoms with Crippen LogP contribution >= 0.6 is 35.6 Å². The second kappa shape index (κ2) is 14.6. The van der Waals surface area contributed by atoms with Gasteiger partial charge in [0.2, 0.25) is 17.7 Å². The summed E-state index contributed by atoms with van der Waals surface area (Å²) < 4.78 is 5.58. The smallest absolute Gasteiger partial charge is 0.247 e. The van der Waals surface area contributed by atoms with Crippen LogP contribution in [0.15, 0.2) is 36.7 Å². The average Bonchev–Trinajstić information content (AvgIpc) is 3.46. The lowest BCUT2D eigenvalue weighted by Crippen LogP contribution is -2.59. The van der Waals surface area contributed by atoms with Gasteiger partial charge in [-0.1, -0.05) is 44.0 Å². The van der Waals surface area contributed by atoms with Crippen LogP contribution in [0.2, 0.25) is 10.0 Å². The molecule has 11 nitrogen and oxygen atoms in total. The molecule has 0 radical (unpaired) electrons. The number of benzene rings is 2. The number of fused-ring (bicyclic) bond motifs is 1. The van der Waals surface area contributed by atoms with Crippen molar-refractivity contribution in [2.24, 2.45) is 5.41 Å². The Kier molecular flexibility index (Phi) is 11.6. The number of hydrogen-bond donors (Lipinski definition) is 4. The number of nitrogens with zero attached hydrogens (tertiary/aromatic N) is 3. The number of ether oxygens (including phenoxy) is 1. The highest BCUT2D eigenvalue weighted by Crippen LogP contribution is 2.35. The van der Waals surface area contributed by atoms with Gasteiger partial charge >= 0.3 is 0 Å². The van der Waals surface area contributed by atoms with Crippen LogP contribution in [0.3, 0.4) is 0 Å². The molecule has 2 aromatic carbocycles. The molecule has 14 heteroatoms. The number of nitrogens with one attached hydrogen (secondary N) is 4. The first-order chi connectivity index (χ1) is 20.3. The van der Waals surface area contributed by atoms with Gasteiger partial charge in [0.05, 0.1) is 35.1 Å². The maximum atomic E-state index is 13.8. The molecular formula is C30H38Cl3N7O4. The van der Waals surface area contributed by atoms with Crippen LogP contribution in [-0.4, -0.2) is 71.4 Å². The van der Waals surface area contributed by atoms with Gasteiger partial charge in [-0.3, -0.25) is 14.4 Å². The third-order valence-corrected chi connectivity index (χ3v) is 8.01. The molecule has 0 saturated carbocycles. The van der Waals surface area contributed by atoms with Gasteiger partial charge < -0.3 is 30.9 Å². The lowest BCUT2D eigenvalue weighted by Gasteiger charge is -2.36. The number of aromatic nitrogens is 2. The summed E-state index contributed by atoms with van der Waals surface area (Å²) in [7, 11) is 3.18. The summed E-state index contributed by atoms with van der Waals surface area (Å²) in [6, 6.07) is 6.47. The van der Waals surface area contributed by atoms with E-state index in [1.165, 1.54) is 13.4 Å². The molecule has 2 heterocycles. The Labute approximate surface area is 273 Å². The second-order valence-electron chi connectivity index (χ2n) is 11.5. The highest BCUT2D eigenvalue weighted by molar-refractivity contribution is 6.36. The molecule has 3 aromatic rings. The zero-order chi connectivity index (χ0) is 31.5. The first-order valence-electron chi connectivity index (χ1n) is 14.0. The third kappa shape index (κ3) is 7.82. The Bertz CT molecular complexity index is 1530. The Hall–Kier alpha value is -3.38. The second-order valence-corrected chi connectivity index (χ2v) is 12.4. The molecule has 1 aliphatic rings. The molecule has 238 valence electrons. The third-order valence-electron chi connectivity index (χ3n) is 7.46. The van der Waals surface area contributed by atoms with Crippen molar-refractivity contribution in [2.75, 3.05) is 31.3 Å². The van der Waals surface area contributed by atoms with Gasteiger partial charge in [-0.25, -0.2) is 9.97 Å². The van der Waals surface area contributed by atoms with Crippen LogP contribution < -0.4 is 26.0 Å². The molecule has 3 atom stereocenters. The predicted molar refractivity (Wildman–Crippen MR) is 176 cm³/mol. The van der Waals surface area contributed by atoms with Crippen molar-refractivity contribution in [3.05, 3.63) is 46.7 Å². The summed E-state index contributed by atoms with van der Waals surface area (Å²) in [5, 5.41) is 13.5. The van der Waals surface area contributed by atoms with Crippen LogP contribution in [0.25, 0.3) is 10.9 Å². The van der Waals surface area contributed by atoms with Crippen LogP contribution in [-0.2, 0) is 14.4 Å². The molecule has 1 aromatic heterocycles. The SMILES string of the molecule is CN[C@@H](C)C(=O)N[C@H](C(=O)N1CCC[C@H]1C(=O)Nc1cc2c(Nc3ccc(Cl)cc3Cl)ncnc2cc1OC)C(C)(C)C.Cl. The molecule has 0 unspecified atom stereocenters. The number of rotatable bonds is 9. The maximum absolute atomic E-state index is 13.8. The van der Waals surface area contributed by atoms with E-state index in [4.69, 9.17) is 27.9 Å². The Balaban J connectivity index is 0.00000529. The number of halogens is 3. The number of carbonyl (C=O) groups excluding carboxylic acids is 3. The van der Waals surface area contributed by atoms with E-state index < -0.39 is 23.5 Å². The number of hydrogen-bond acceptors (Lipinski definition) is 8. The minimum absolute atomic E-state index is 0. The molecule has 3 amide bonds. The number of carbonyl (C=O) groups is 3. The summed E-state index contributed by atoms with van der Waals surface area (Å²) in [5.74, 6) is -0.0926. The molecule has 1 aliphatic heterocycles. The van der Waals surface area contributed by atoms with Crippen molar-refractivity contribution in [3.8, 4) is 5.75 Å². The molecule has 1 fully saturated rings. The lowest BCUT2D eigenvalue weighted by atomic mass is 9.85. The van der Waals surface area contributed by atoms with Crippen molar-refractivity contribution in [3.63, 3.8) is 0 Å². The first kappa shape index (κ1) is 35.1. The van der Waals surface area contributed by atoms with E-state index in [0.717, 1.165) is 0 Å². The molecular weight excluding hydrogens is 629 g/mol. The summed E-state index contributed by atoms with van der Waals surface area (Å²) in [6.45, 7) is 7.78. The monoisotopic (exact) mass is 665 g/mol. The first-order valence-corrected chi connectivity index (χ1v) is 14.7. The number of amides is 3. The highest BCUT2D eigenvalue weighted by Gasteiger charge is 2.42. The summed E-state index contributed by atoms with van der Waals surface area (Å²) in [5.41, 5.74) is 0.983. The van der Waals surface area contributed by atoms with Crippen LogP contribution in [0.1, 0.15) is 40.5 Å². The maximum Gasteiger partial charge on any atom is 0.247 e. The molecule has 0 spiro atoms. The van der Waals surface area contributed by atoms with Gasteiger partial charge in [0, 0.05) is 23.0 Å². The van der Waals surface area contributed by atoms with E-state index in [0.29, 0.717) is 63.3 Å². The van der Waals surface area contributed by atoms with Crippen molar-refractivity contribution >= 4 is 81.4 Å². The van der Waals surface area contributed by atoms with E-state index in [1.54, 1.807) is 49.2 Å². The van der Waals surface area contributed by atoms with E-state index in [2.05, 4.69) is 31.2 Å². The van der Waals surface area contributed by atoms with Gasteiger partial charge in [0.25, 0.3) is 0 Å². The quantitative estimate of drug-likeness (QED) is 0.245. The number of anilines is 3. The fourth-order valence-electron chi connectivity index (χ4n) is 4.90. The Morgan fingerprint density at radius 1 is 1.09 bits per heavy atom. The van der Waals surface area contributed by atoms with Gasteiger partial charge in [-0.2, -0.15) is 0 Å². The minimum atomic E-state index is -0.815. The van der Waals surface area contributed by atoms with Gasteiger partial charge in [-0.15, -0.1) is 12.4 Å². The van der Waals surface area contributed by atoms with Gasteiger partial charge in [0.1, 0.15) is 30.0 Å². The molecule has 1 saturated heterocycles. The van der Waals surface area contributed by atoms with Crippen LogP contribution in [0.5, 0.6) is 5.75 Å². The fraction of sp³-hybridized carbons (Fsp3) is 0.433. The van der Waals surface area contributed by atoms with Gasteiger partial charge in [0.15, 0.2) is 0 Å². The molecule has 0 bridgehead atoms. The Morgan fingerprint density at radius 3 is 2.45 bits per heavy atom. The number of methoxy groups -OCH3 is 1. The highest BCUT2D eigenvalue weighted by atomic mass is 35.5. The topological polar surface area (TPSA) is 138 Å². The number of likely N-dealkylation sites (tertiary alicyclic amines) is 1. The largest absolute Gasteiger partial charge is 0.494 e. The predicted octanol–water partition coefficient (Wildman–Crippen LogP) is 5.18. The summed E-state index contributed by atoms with van der Waals surface area (Å²) in [6.07, 6.45) is 2.55. The fourth-order valence-corrected chi connectivity index (χ4v) is 5.36. The average molecular weight is 667 g/mol.